The van der Waals surface area contributed by atoms with Crippen molar-refractivity contribution in [3.05, 3.63) is 121 Å². The lowest BCUT2D eigenvalue weighted by Gasteiger charge is -2.43. The van der Waals surface area contributed by atoms with Crippen molar-refractivity contribution in [2.45, 2.75) is 51.6 Å². The third kappa shape index (κ3) is 5.74. The largest absolute Gasteiger partial charge is 0.185 e. The van der Waals surface area contributed by atoms with Gasteiger partial charge in [-0.15, -0.1) is 0 Å². The van der Waals surface area contributed by atoms with Gasteiger partial charge in [0, 0.05) is 0 Å². The van der Waals surface area contributed by atoms with E-state index >= 15 is 0 Å². The fraction of sp³-hybridized carbons (Fsp3) is 0.250. The molecule has 0 unspecified atom stereocenters. The van der Waals surface area contributed by atoms with Gasteiger partial charge < -0.3 is 0 Å². The van der Waals surface area contributed by atoms with E-state index in [1.165, 1.54) is 37.8 Å². The first kappa shape index (κ1) is 25.7. The number of hydrogen-bond donors (Lipinski definition) is 0. The summed E-state index contributed by atoms with van der Waals surface area (Å²) in [6, 6.07) is 48.7. The van der Waals surface area contributed by atoms with Crippen LogP contribution in [-0.2, 0) is 0 Å². The van der Waals surface area contributed by atoms with Crippen LogP contribution in [0.2, 0.25) is 12.1 Å². The van der Waals surface area contributed by atoms with Gasteiger partial charge in [-0.1, -0.05) is 161 Å². The Morgan fingerprint density at radius 1 is 0.429 bits per heavy atom. The van der Waals surface area contributed by atoms with Gasteiger partial charge in [0.1, 0.15) is 0 Å². The van der Waals surface area contributed by atoms with E-state index in [0.717, 1.165) is 0 Å². The average Bonchev–Trinajstić information content (AvgIpc) is 2.95. The number of benzene rings is 4. The second-order valence-electron chi connectivity index (χ2n) is 9.43. The molecule has 180 valence electrons. The zero-order valence-corrected chi connectivity index (χ0v) is 24.0. The highest BCUT2D eigenvalue weighted by molar-refractivity contribution is 8.53. The molecule has 0 bridgehead atoms. The lowest BCUT2D eigenvalue weighted by atomic mass is 10.4. The minimum atomic E-state index is -2.14. The van der Waals surface area contributed by atoms with E-state index in [1.54, 1.807) is 20.7 Å². The van der Waals surface area contributed by atoms with Gasteiger partial charge in [-0.25, -0.2) is 0 Å². The highest BCUT2D eigenvalue weighted by atomic mass is 32.5. The Balaban J connectivity index is 2.01. The molecule has 0 spiro atoms. The van der Waals surface area contributed by atoms with Gasteiger partial charge in [0.15, 0.2) is 14.4 Å². The summed E-state index contributed by atoms with van der Waals surface area (Å²) in [7, 11) is -1.83. The molecular weight excluding hydrogens is 473 g/mol. The highest BCUT2D eigenvalue weighted by Crippen LogP contribution is 2.38. The molecule has 4 rings (SSSR count). The summed E-state index contributed by atoms with van der Waals surface area (Å²) >= 11 is 0. The van der Waals surface area contributed by atoms with Crippen molar-refractivity contribution >= 4 is 45.9 Å². The topological polar surface area (TPSA) is 0 Å². The van der Waals surface area contributed by atoms with Crippen LogP contribution in [0.5, 0.6) is 0 Å². The molecule has 0 saturated carbocycles. The molecule has 0 radical (unpaired) electrons. The number of hydrogen-bond acceptors (Lipinski definition) is 1. The third-order valence-electron chi connectivity index (χ3n) is 7.07. The molecule has 0 nitrogen and oxygen atoms in total. The predicted molar refractivity (Wildman–Crippen MR) is 163 cm³/mol. The fourth-order valence-electron chi connectivity index (χ4n) is 5.23. The normalized spacial score (nSPS) is 11.9. The zero-order chi connectivity index (χ0) is 24.4. The van der Waals surface area contributed by atoms with Gasteiger partial charge in [-0.2, -0.15) is 10.7 Å². The molecule has 0 aliphatic carbocycles. The summed E-state index contributed by atoms with van der Waals surface area (Å²) in [5.74, 6) is 0. The van der Waals surface area contributed by atoms with Crippen LogP contribution in [0.3, 0.4) is 0 Å². The monoisotopic (exact) mass is 510 g/mol. The molecule has 0 fully saturated rings. The van der Waals surface area contributed by atoms with E-state index < -0.39 is 14.4 Å². The molecule has 0 heterocycles. The Bertz CT molecular complexity index is 959. The van der Waals surface area contributed by atoms with Crippen molar-refractivity contribution in [3.63, 3.8) is 0 Å². The Hall–Kier alpha value is -2.34. The Morgan fingerprint density at radius 2 is 0.686 bits per heavy atom. The molecule has 0 aliphatic heterocycles. The van der Waals surface area contributed by atoms with Gasteiger partial charge in [0.2, 0.25) is 0 Å². The molecule has 0 aromatic heterocycles. The summed E-state index contributed by atoms with van der Waals surface area (Å²) in [5.41, 5.74) is 0. The Morgan fingerprint density at radius 3 is 0.914 bits per heavy atom. The Labute approximate surface area is 218 Å². The third-order valence-corrected chi connectivity index (χ3v) is 27.4. The van der Waals surface area contributed by atoms with Crippen LogP contribution in [0.4, 0.5) is 0 Å². The molecule has 0 saturated heterocycles. The van der Waals surface area contributed by atoms with Crippen molar-refractivity contribution in [3.8, 4) is 0 Å². The first-order valence-corrected chi connectivity index (χ1v) is 19.9. The van der Waals surface area contributed by atoms with Gasteiger partial charge in [-0.3, -0.25) is 0 Å². The van der Waals surface area contributed by atoms with E-state index in [2.05, 4.69) is 146 Å². The van der Waals surface area contributed by atoms with Crippen molar-refractivity contribution in [2.24, 2.45) is 0 Å². The summed E-state index contributed by atoms with van der Waals surface area (Å²) in [6.07, 6.45) is 5.00. The summed E-state index contributed by atoms with van der Waals surface area (Å²) in [6.45, 7) is 4.69. The highest BCUT2D eigenvalue weighted by Gasteiger charge is 2.48. The molecule has 0 aliphatic rings. The van der Waals surface area contributed by atoms with Gasteiger partial charge in [0.05, 0.1) is 0 Å². The van der Waals surface area contributed by atoms with Gasteiger partial charge >= 0.3 is 0 Å². The second-order valence-corrected chi connectivity index (χ2v) is 22.9. The van der Waals surface area contributed by atoms with Crippen LogP contribution >= 0.6 is 10.7 Å². The predicted octanol–water partition coefficient (Wildman–Crippen LogP) is 6.84. The molecule has 4 aromatic carbocycles. The minimum absolute atomic E-state index is 1.23. The molecule has 0 atom stereocenters. The van der Waals surface area contributed by atoms with Crippen molar-refractivity contribution in [2.75, 3.05) is 0 Å². The smallest absolute Gasteiger partial charge is 0.172 e. The van der Waals surface area contributed by atoms with Crippen molar-refractivity contribution in [1.82, 2.24) is 0 Å². The maximum Gasteiger partial charge on any atom is 0.172 e. The van der Waals surface area contributed by atoms with E-state index in [0.29, 0.717) is 0 Å². The van der Waals surface area contributed by atoms with E-state index in [9.17, 15) is 0 Å². The van der Waals surface area contributed by atoms with Gasteiger partial charge in [-0.05, 0) is 32.8 Å². The molecular formula is C32H38SSi2. The van der Waals surface area contributed by atoms with E-state index in [1.807, 2.05) is 0 Å². The average molecular weight is 511 g/mol. The number of rotatable bonds is 12. The second kappa shape index (κ2) is 12.6. The zero-order valence-electron chi connectivity index (χ0n) is 21.2. The van der Waals surface area contributed by atoms with Crippen molar-refractivity contribution in [1.29, 1.82) is 0 Å². The van der Waals surface area contributed by atoms with Crippen LogP contribution in [0, 0.1) is 0 Å². The standard InChI is InChI=1S/C32H38SSi2/c1-3-5-27-34(29-19-11-7-12-20-29,30-21-13-8-14-22-30)33-35(28-6-4-2,31-23-15-9-16-24-31)32-25-17-10-18-26-32/h7-26H,3-6,27-28H2,1-2H3. The summed E-state index contributed by atoms with van der Waals surface area (Å²) < 4.78 is 0. The summed E-state index contributed by atoms with van der Waals surface area (Å²) in [5, 5.41) is 6.30. The quantitative estimate of drug-likeness (QED) is 0.188. The molecule has 35 heavy (non-hydrogen) atoms. The van der Waals surface area contributed by atoms with Crippen LogP contribution in [0.25, 0.3) is 0 Å². The maximum absolute atomic E-state index is 2.45. The lowest BCUT2D eigenvalue weighted by Crippen LogP contribution is -2.65. The molecule has 3 heteroatoms. The van der Waals surface area contributed by atoms with Gasteiger partial charge in [0.25, 0.3) is 0 Å². The van der Waals surface area contributed by atoms with Crippen LogP contribution in [0.1, 0.15) is 39.5 Å². The molecule has 0 N–H and O–H groups in total. The van der Waals surface area contributed by atoms with Crippen molar-refractivity contribution < 1.29 is 0 Å². The lowest BCUT2D eigenvalue weighted by molar-refractivity contribution is 0.875. The van der Waals surface area contributed by atoms with Crippen LogP contribution in [0.15, 0.2) is 121 Å². The first-order chi connectivity index (χ1) is 17.2. The SMILES string of the molecule is CCCC[Si](S[Si](CCCC)(c1ccccc1)c1ccccc1)(c1ccccc1)c1ccccc1. The first-order valence-electron chi connectivity index (χ1n) is 13.2. The summed E-state index contributed by atoms with van der Waals surface area (Å²) in [4.78, 5) is 0. The Kier molecular flexibility index (Phi) is 9.25. The number of unbranched alkanes of at least 4 members (excludes halogenated alkanes) is 2. The maximum atomic E-state index is 2.45. The fourth-order valence-corrected chi connectivity index (χ4v) is 30.7. The molecule has 0 amide bonds. The molecule has 4 aromatic rings. The van der Waals surface area contributed by atoms with E-state index in [4.69, 9.17) is 0 Å². The van der Waals surface area contributed by atoms with Crippen LogP contribution in [-0.4, -0.2) is 14.4 Å². The van der Waals surface area contributed by atoms with Crippen LogP contribution < -0.4 is 20.7 Å². The minimum Gasteiger partial charge on any atom is -0.185 e. The van der Waals surface area contributed by atoms with E-state index in [-0.39, 0.29) is 0 Å².